The number of hydrazine groups is 1. The second-order valence-corrected chi connectivity index (χ2v) is 5.39. The maximum absolute atomic E-state index is 12.1. The number of allylic oxidation sites excluding steroid dienone is 2. The number of benzene rings is 1. The molecule has 7 heteroatoms. The van der Waals surface area contributed by atoms with Gasteiger partial charge in [-0.1, -0.05) is 12.2 Å². The standard InChI is InChI=1S/C17H20N2O5/c1-2-24-12-9-7-11(8-10-12)15(20)18-19-16(21)13-5-3-4-6-14(13)17(22)23/h3-4,7-10,13-14H,2,5-6H2,1H3,(H,18,20)(H,19,21)(H,22,23)/t13-,14-/m1/s1. The van der Waals surface area contributed by atoms with E-state index in [1.54, 1.807) is 36.4 Å². The number of aliphatic carboxylic acids is 1. The minimum Gasteiger partial charge on any atom is -0.494 e. The van der Waals surface area contributed by atoms with Crippen molar-refractivity contribution in [3.63, 3.8) is 0 Å². The summed E-state index contributed by atoms with van der Waals surface area (Å²) in [6.45, 7) is 2.39. The van der Waals surface area contributed by atoms with E-state index in [9.17, 15) is 14.4 Å². The van der Waals surface area contributed by atoms with Gasteiger partial charge in [0.1, 0.15) is 5.75 Å². The van der Waals surface area contributed by atoms with Crippen LogP contribution in [0.4, 0.5) is 0 Å². The van der Waals surface area contributed by atoms with E-state index in [4.69, 9.17) is 9.84 Å². The van der Waals surface area contributed by atoms with E-state index in [0.29, 0.717) is 30.8 Å². The molecule has 0 aliphatic heterocycles. The Hall–Kier alpha value is -2.83. The molecule has 1 aliphatic carbocycles. The average Bonchev–Trinajstić information content (AvgIpc) is 2.60. The van der Waals surface area contributed by atoms with Gasteiger partial charge in [0.25, 0.3) is 5.91 Å². The van der Waals surface area contributed by atoms with Crippen molar-refractivity contribution in [2.24, 2.45) is 11.8 Å². The number of carbonyl (C=O) groups excluding carboxylic acids is 2. The molecule has 1 aromatic rings. The summed E-state index contributed by atoms with van der Waals surface area (Å²) in [6, 6.07) is 6.48. The molecule has 3 N–H and O–H groups in total. The molecule has 0 spiro atoms. The Labute approximate surface area is 139 Å². The van der Waals surface area contributed by atoms with E-state index in [1.165, 1.54) is 0 Å². The van der Waals surface area contributed by atoms with Gasteiger partial charge in [-0.15, -0.1) is 0 Å². The van der Waals surface area contributed by atoms with E-state index in [-0.39, 0.29) is 0 Å². The van der Waals surface area contributed by atoms with Gasteiger partial charge >= 0.3 is 5.97 Å². The van der Waals surface area contributed by atoms with Crippen molar-refractivity contribution >= 4 is 17.8 Å². The number of amides is 2. The van der Waals surface area contributed by atoms with Crippen molar-refractivity contribution in [2.75, 3.05) is 6.61 Å². The Bertz CT molecular complexity index is 639. The molecule has 2 rings (SSSR count). The molecule has 0 unspecified atom stereocenters. The molecule has 0 saturated heterocycles. The second kappa shape index (κ2) is 8.14. The quantitative estimate of drug-likeness (QED) is 0.560. The Balaban J connectivity index is 1.91. The molecular formula is C17H20N2O5. The first-order chi connectivity index (χ1) is 11.5. The van der Waals surface area contributed by atoms with Crippen molar-refractivity contribution in [2.45, 2.75) is 19.8 Å². The highest BCUT2D eigenvalue weighted by Gasteiger charge is 2.34. The third-order valence-electron chi connectivity index (χ3n) is 3.81. The first kappa shape index (κ1) is 17.5. The lowest BCUT2D eigenvalue weighted by molar-refractivity contribution is -0.147. The van der Waals surface area contributed by atoms with Gasteiger partial charge in [0.05, 0.1) is 18.4 Å². The summed E-state index contributed by atoms with van der Waals surface area (Å²) in [4.78, 5) is 35.4. The summed E-state index contributed by atoms with van der Waals surface area (Å²) in [5.74, 6) is -2.84. The normalized spacial score (nSPS) is 19.4. The molecule has 128 valence electrons. The van der Waals surface area contributed by atoms with Gasteiger partial charge in [-0.3, -0.25) is 25.2 Å². The van der Waals surface area contributed by atoms with Gasteiger partial charge in [0, 0.05) is 5.56 Å². The lowest BCUT2D eigenvalue weighted by Crippen LogP contribution is -2.47. The largest absolute Gasteiger partial charge is 0.494 e. The summed E-state index contributed by atoms with van der Waals surface area (Å²) in [7, 11) is 0. The molecule has 7 nitrogen and oxygen atoms in total. The van der Waals surface area contributed by atoms with Gasteiger partial charge < -0.3 is 9.84 Å². The minimum absolute atomic E-state index is 0.306. The molecule has 24 heavy (non-hydrogen) atoms. The van der Waals surface area contributed by atoms with Crippen molar-refractivity contribution in [1.29, 1.82) is 0 Å². The van der Waals surface area contributed by atoms with E-state index in [2.05, 4.69) is 10.9 Å². The molecule has 2 amide bonds. The lowest BCUT2D eigenvalue weighted by Gasteiger charge is -2.24. The van der Waals surface area contributed by atoms with Crippen molar-refractivity contribution in [1.82, 2.24) is 10.9 Å². The van der Waals surface area contributed by atoms with Gasteiger partial charge in [0.2, 0.25) is 5.91 Å². The molecule has 2 atom stereocenters. The summed E-state index contributed by atoms with van der Waals surface area (Å²) in [5, 5.41) is 9.17. The van der Waals surface area contributed by atoms with Gasteiger partial charge in [-0.25, -0.2) is 0 Å². The number of hydrogen-bond acceptors (Lipinski definition) is 4. The van der Waals surface area contributed by atoms with Crippen LogP contribution in [0.2, 0.25) is 0 Å². The van der Waals surface area contributed by atoms with Crippen LogP contribution in [0.15, 0.2) is 36.4 Å². The second-order valence-electron chi connectivity index (χ2n) is 5.39. The monoisotopic (exact) mass is 332 g/mol. The Morgan fingerprint density at radius 3 is 2.29 bits per heavy atom. The zero-order chi connectivity index (χ0) is 17.5. The molecule has 0 saturated carbocycles. The predicted molar refractivity (Wildman–Crippen MR) is 86.2 cm³/mol. The first-order valence-corrected chi connectivity index (χ1v) is 7.73. The minimum atomic E-state index is -1.02. The van der Waals surface area contributed by atoms with Crippen LogP contribution in [0.1, 0.15) is 30.1 Å². The summed E-state index contributed by atoms with van der Waals surface area (Å²) < 4.78 is 5.29. The van der Waals surface area contributed by atoms with Crippen LogP contribution in [0.25, 0.3) is 0 Å². The smallest absolute Gasteiger partial charge is 0.307 e. The average molecular weight is 332 g/mol. The van der Waals surface area contributed by atoms with E-state index in [0.717, 1.165) is 0 Å². The molecule has 0 heterocycles. The van der Waals surface area contributed by atoms with E-state index < -0.39 is 29.6 Å². The number of carboxylic acids is 1. The van der Waals surface area contributed by atoms with Gasteiger partial charge in [0.15, 0.2) is 0 Å². The van der Waals surface area contributed by atoms with Crippen LogP contribution >= 0.6 is 0 Å². The highest BCUT2D eigenvalue weighted by molar-refractivity contribution is 5.96. The number of hydrogen-bond donors (Lipinski definition) is 3. The fraction of sp³-hybridized carbons (Fsp3) is 0.353. The Kier molecular flexibility index (Phi) is 5.95. The zero-order valence-electron chi connectivity index (χ0n) is 13.3. The molecule has 0 bridgehead atoms. The van der Waals surface area contributed by atoms with E-state index >= 15 is 0 Å². The Morgan fingerprint density at radius 2 is 1.71 bits per heavy atom. The molecule has 1 aromatic carbocycles. The summed E-state index contributed by atoms with van der Waals surface area (Å²) in [6.07, 6.45) is 4.17. The number of carboxylic acid groups (broad SMARTS) is 1. The fourth-order valence-corrected chi connectivity index (χ4v) is 2.53. The van der Waals surface area contributed by atoms with Crippen LogP contribution in [-0.2, 0) is 9.59 Å². The maximum atomic E-state index is 12.1. The van der Waals surface area contributed by atoms with Crippen molar-refractivity contribution in [3.05, 3.63) is 42.0 Å². The topological polar surface area (TPSA) is 105 Å². The first-order valence-electron chi connectivity index (χ1n) is 7.73. The third-order valence-corrected chi connectivity index (χ3v) is 3.81. The van der Waals surface area contributed by atoms with Crippen LogP contribution in [-0.4, -0.2) is 29.5 Å². The highest BCUT2D eigenvalue weighted by Crippen LogP contribution is 2.25. The lowest BCUT2D eigenvalue weighted by atomic mass is 9.82. The molecule has 0 fully saturated rings. The molecule has 0 radical (unpaired) electrons. The highest BCUT2D eigenvalue weighted by atomic mass is 16.5. The SMILES string of the molecule is CCOc1ccc(C(=O)NNC(=O)[C@@H]2CC=CC[C@H]2C(=O)O)cc1. The van der Waals surface area contributed by atoms with Crippen LogP contribution < -0.4 is 15.6 Å². The van der Waals surface area contributed by atoms with Gasteiger partial charge in [-0.2, -0.15) is 0 Å². The van der Waals surface area contributed by atoms with Crippen molar-refractivity contribution in [3.8, 4) is 5.75 Å². The third kappa shape index (κ3) is 4.34. The van der Waals surface area contributed by atoms with Gasteiger partial charge in [-0.05, 0) is 44.0 Å². The van der Waals surface area contributed by atoms with Crippen LogP contribution in [0.5, 0.6) is 5.75 Å². The molecule has 1 aliphatic rings. The predicted octanol–water partition coefficient (Wildman–Crippen LogP) is 1.51. The summed E-state index contributed by atoms with van der Waals surface area (Å²) in [5.41, 5.74) is 4.98. The summed E-state index contributed by atoms with van der Waals surface area (Å²) >= 11 is 0. The van der Waals surface area contributed by atoms with Crippen LogP contribution in [0, 0.1) is 11.8 Å². The number of nitrogens with one attached hydrogen (secondary N) is 2. The fourth-order valence-electron chi connectivity index (χ4n) is 2.53. The molecular weight excluding hydrogens is 312 g/mol. The van der Waals surface area contributed by atoms with E-state index in [1.807, 2.05) is 6.92 Å². The maximum Gasteiger partial charge on any atom is 0.307 e. The number of ether oxygens (including phenoxy) is 1. The number of carbonyl (C=O) groups is 3. The van der Waals surface area contributed by atoms with Crippen LogP contribution in [0.3, 0.4) is 0 Å². The van der Waals surface area contributed by atoms with Crippen molar-refractivity contribution < 1.29 is 24.2 Å². The molecule has 0 aromatic heterocycles. The number of rotatable bonds is 5. The zero-order valence-corrected chi connectivity index (χ0v) is 13.3. The Morgan fingerprint density at radius 1 is 1.08 bits per heavy atom.